The first-order valence-corrected chi connectivity index (χ1v) is 14.8. The van der Waals surface area contributed by atoms with Gasteiger partial charge in [-0.05, 0) is 51.2 Å². The number of ketones is 1. The minimum atomic E-state index is -2.69. The molecule has 188 valence electrons. The van der Waals surface area contributed by atoms with Crippen molar-refractivity contribution in [3.05, 3.63) is 72.3 Å². The lowest BCUT2D eigenvalue weighted by molar-refractivity contribution is -0.117. The minimum Gasteiger partial charge on any atom is -0.403 e. The van der Waals surface area contributed by atoms with E-state index in [2.05, 4.69) is 95.3 Å². The zero-order chi connectivity index (χ0) is 25.1. The monoisotopic (exact) mass is 492 g/mol. The van der Waals surface area contributed by atoms with E-state index in [1.165, 1.54) is 10.4 Å². The normalized spacial score (nSPS) is 24.0. The topological polar surface area (TPSA) is 44.8 Å². The highest BCUT2D eigenvalue weighted by molar-refractivity contribution is 6.99. The van der Waals surface area contributed by atoms with Gasteiger partial charge in [0.1, 0.15) is 0 Å². The van der Waals surface area contributed by atoms with Crippen LogP contribution in [0.25, 0.3) is 0 Å². The van der Waals surface area contributed by atoms with Crippen LogP contribution >= 0.6 is 0 Å². The Morgan fingerprint density at radius 2 is 1.51 bits per heavy atom. The van der Waals surface area contributed by atoms with Crippen molar-refractivity contribution in [2.75, 3.05) is 19.8 Å². The molecule has 0 spiro atoms. The van der Waals surface area contributed by atoms with E-state index in [9.17, 15) is 4.79 Å². The van der Waals surface area contributed by atoms with E-state index in [0.29, 0.717) is 26.2 Å². The van der Waals surface area contributed by atoms with Gasteiger partial charge >= 0.3 is 0 Å². The summed E-state index contributed by atoms with van der Waals surface area (Å²) in [5.41, 5.74) is 0.960. The molecule has 2 aliphatic rings. The van der Waals surface area contributed by atoms with Crippen LogP contribution in [0.1, 0.15) is 53.9 Å². The minimum absolute atomic E-state index is 0.109. The summed E-state index contributed by atoms with van der Waals surface area (Å²) in [6.45, 7) is 13.1. The highest BCUT2D eigenvalue weighted by Crippen LogP contribution is 2.46. The van der Waals surface area contributed by atoms with Crippen LogP contribution in [0, 0.1) is 11.3 Å². The quantitative estimate of drug-likeness (QED) is 0.472. The van der Waals surface area contributed by atoms with Crippen LogP contribution in [0.3, 0.4) is 0 Å². The third-order valence-electron chi connectivity index (χ3n) is 8.12. The average molecular weight is 493 g/mol. The number of benzene rings is 2. The first kappa shape index (κ1) is 26.0. The lowest BCUT2D eigenvalue weighted by Gasteiger charge is -2.46. The van der Waals surface area contributed by atoms with E-state index in [1.807, 2.05) is 6.08 Å². The number of hydrogen-bond acceptors (Lipinski definition) is 4. The van der Waals surface area contributed by atoms with Crippen molar-refractivity contribution in [3.8, 4) is 0 Å². The average Bonchev–Trinajstić information content (AvgIpc) is 3.36. The molecule has 2 atom stereocenters. The Bertz CT molecular complexity index is 982. The van der Waals surface area contributed by atoms with Gasteiger partial charge in [0.2, 0.25) is 0 Å². The lowest BCUT2D eigenvalue weighted by atomic mass is 9.64. The van der Waals surface area contributed by atoms with Crippen LogP contribution in [0.4, 0.5) is 0 Å². The number of carbonyl (C=O) groups excluding carboxylic acids is 1. The van der Waals surface area contributed by atoms with Gasteiger partial charge in [0.15, 0.2) is 12.1 Å². The third kappa shape index (κ3) is 5.24. The molecule has 0 bridgehead atoms. The third-order valence-corrected chi connectivity index (χ3v) is 13.1. The highest BCUT2D eigenvalue weighted by Gasteiger charge is 2.51. The Morgan fingerprint density at radius 3 is 2.03 bits per heavy atom. The predicted molar refractivity (Wildman–Crippen MR) is 143 cm³/mol. The SMILES string of the molecule is C[C@@H]1CC(=O)C=C(CO[Si](c2ccccc2)(c2ccccc2)C(C)(C)C)[C@@]1(C)CCC1OCCO1. The summed E-state index contributed by atoms with van der Waals surface area (Å²) in [5.74, 6) is 0.434. The van der Waals surface area contributed by atoms with Gasteiger partial charge in [0.25, 0.3) is 8.32 Å². The Kier molecular flexibility index (Phi) is 7.82. The molecular formula is C30H40O4Si. The van der Waals surface area contributed by atoms with Crippen molar-refractivity contribution >= 4 is 24.5 Å². The fourth-order valence-electron chi connectivity index (χ4n) is 5.81. The van der Waals surface area contributed by atoms with Gasteiger partial charge < -0.3 is 13.9 Å². The molecule has 1 aliphatic carbocycles. The maximum absolute atomic E-state index is 12.7. The van der Waals surface area contributed by atoms with Crippen molar-refractivity contribution in [2.24, 2.45) is 11.3 Å². The second-order valence-corrected chi connectivity index (χ2v) is 15.6. The van der Waals surface area contributed by atoms with E-state index in [1.54, 1.807) is 0 Å². The summed E-state index contributed by atoms with van der Waals surface area (Å²) in [6, 6.07) is 21.4. The predicted octanol–water partition coefficient (Wildman–Crippen LogP) is 5.26. The molecule has 5 heteroatoms. The van der Waals surface area contributed by atoms with Crippen LogP contribution in [0.5, 0.6) is 0 Å². The smallest absolute Gasteiger partial charge is 0.261 e. The van der Waals surface area contributed by atoms with Crippen LogP contribution in [-0.2, 0) is 18.7 Å². The second-order valence-electron chi connectivity index (χ2n) is 11.3. The summed E-state index contributed by atoms with van der Waals surface area (Å²) in [4.78, 5) is 12.7. The molecule has 1 fully saturated rings. The lowest BCUT2D eigenvalue weighted by Crippen LogP contribution is -2.66. The number of carbonyl (C=O) groups is 1. The summed E-state index contributed by atoms with van der Waals surface area (Å²) in [7, 11) is -2.69. The van der Waals surface area contributed by atoms with Crippen LogP contribution in [0.15, 0.2) is 72.3 Å². The van der Waals surface area contributed by atoms with Gasteiger partial charge in [-0.25, -0.2) is 0 Å². The maximum atomic E-state index is 12.7. The van der Waals surface area contributed by atoms with E-state index in [0.717, 1.165) is 18.4 Å². The Hall–Kier alpha value is -2.05. The molecule has 1 saturated heterocycles. The zero-order valence-electron chi connectivity index (χ0n) is 21.9. The highest BCUT2D eigenvalue weighted by atomic mass is 28.4. The number of allylic oxidation sites excluding steroid dienone is 1. The summed E-state index contributed by atoms with van der Waals surface area (Å²) in [6.07, 6.45) is 4.03. The molecule has 0 aromatic heterocycles. The number of ether oxygens (including phenoxy) is 2. The molecule has 0 N–H and O–H groups in total. The van der Waals surface area contributed by atoms with Crippen molar-refractivity contribution in [3.63, 3.8) is 0 Å². The fraction of sp³-hybridized carbons (Fsp3) is 0.500. The van der Waals surface area contributed by atoms with E-state index in [-0.39, 0.29) is 28.4 Å². The van der Waals surface area contributed by atoms with E-state index in [4.69, 9.17) is 13.9 Å². The number of rotatable bonds is 8. The van der Waals surface area contributed by atoms with E-state index < -0.39 is 8.32 Å². The zero-order valence-corrected chi connectivity index (χ0v) is 22.9. The molecular weight excluding hydrogens is 452 g/mol. The van der Waals surface area contributed by atoms with Gasteiger partial charge in [0.05, 0.1) is 19.8 Å². The van der Waals surface area contributed by atoms with Crippen molar-refractivity contribution in [2.45, 2.75) is 65.2 Å². The van der Waals surface area contributed by atoms with Crippen LogP contribution in [-0.4, -0.2) is 40.2 Å². The van der Waals surface area contributed by atoms with Gasteiger partial charge in [-0.3, -0.25) is 4.79 Å². The molecule has 1 aliphatic heterocycles. The first-order valence-electron chi connectivity index (χ1n) is 12.9. The summed E-state index contributed by atoms with van der Waals surface area (Å²) in [5, 5.41) is 2.40. The van der Waals surface area contributed by atoms with Crippen molar-refractivity contribution in [1.82, 2.24) is 0 Å². The first-order chi connectivity index (χ1) is 16.7. The van der Waals surface area contributed by atoms with Crippen LogP contribution < -0.4 is 10.4 Å². The number of hydrogen-bond donors (Lipinski definition) is 0. The molecule has 35 heavy (non-hydrogen) atoms. The molecule has 0 amide bonds. The molecule has 0 radical (unpaired) electrons. The van der Waals surface area contributed by atoms with E-state index >= 15 is 0 Å². The van der Waals surface area contributed by atoms with Crippen molar-refractivity contribution in [1.29, 1.82) is 0 Å². The van der Waals surface area contributed by atoms with Crippen LogP contribution in [0.2, 0.25) is 5.04 Å². The Balaban J connectivity index is 1.70. The van der Waals surface area contributed by atoms with Gasteiger partial charge in [-0.15, -0.1) is 0 Å². The standard InChI is InChI=1S/C30H40O4Si/c1-23-20-25(31)21-24(30(23,5)17-16-28-32-18-19-33-28)22-34-35(29(2,3)4,26-12-8-6-9-13-26)27-14-10-7-11-15-27/h6-15,21,23,28H,16-20,22H2,1-5H3/t23-,30+/m1/s1. The summed E-state index contributed by atoms with van der Waals surface area (Å²) < 4.78 is 18.7. The summed E-state index contributed by atoms with van der Waals surface area (Å²) >= 11 is 0. The Labute approximate surface area is 211 Å². The molecule has 0 saturated carbocycles. The molecule has 4 nitrogen and oxygen atoms in total. The molecule has 2 aromatic rings. The second kappa shape index (κ2) is 10.5. The van der Waals surface area contributed by atoms with Gasteiger partial charge in [0, 0.05) is 6.42 Å². The molecule has 0 unspecified atom stereocenters. The van der Waals surface area contributed by atoms with Gasteiger partial charge in [-0.2, -0.15) is 0 Å². The Morgan fingerprint density at radius 1 is 0.971 bits per heavy atom. The molecule has 2 aromatic carbocycles. The van der Waals surface area contributed by atoms with Gasteiger partial charge in [-0.1, -0.05) is 95.3 Å². The maximum Gasteiger partial charge on any atom is 0.261 e. The van der Waals surface area contributed by atoms with Crippen molar-refractivity contribution < 1.29 is 18.7 Å². The molecule has 4 rings (SSSR count). The fourth-order valence-corrected chi connectivity index (χ4v) is 10.3. The molecule has 1 heterocycles. The largest absolute Gasteiger partial charge is 0.403 e.